The van der Waals surface area contributed by atoms with E-state index >= 15 is 0 Å². The van der Waals surface area contributed by atoms with Crippen molar-refractivity contribution < 1.29 is 13.2 Å². The Hall–Kier alpha value is -3.73. The molecule has 6 rings (SSSR count). The number of hydrogen-bond donors (Lipinski definition) is 2. The summed E-state index contributed by atoms with van der Waals surface area (Å²) in [6.45, 7) is 3.10. The van der Waals surface area contributed by atoms with Crippen molar-refractivity contribution in [1.29, 1.82) is 0 Å². The zero-order valence-electron chi connectivity index (χ0n) is 18.8. The van der Waals surface area contributed by atoms with E-state index in [-0.39, 0.29) is 0 Å². The molecule has 0 amide bonds. The van der Waals surface area contributed by atoms with Crippen molar-refractivity contribution in [3.63, 3.8) is 0 Å². The Kier molecular flexibility index (Phi) is 5.28. The van der Waals surface area contributed by atoms with Gasteiger partial charge in [-0.15, -0.1) is 10.2 Å². The average Bonchev–Trinajstić information content (AvgIpc) is 3.55. The van der Waals surface area contributed by atoms with Gasteiger partial charge in [-0.25, -0.2) is 9.97 Å². The Morgan fingerprint density at radius 1 is 1.03 bits per heavy atom. The van der Waals surface area contributed by atoms with E-state index in [1.54, 1.807) is 23.0 Å². The molecule has 180 valence electrons. The van der Waals surface area contributed by atoms with Crippen LogP contribution in [0.4, 0.5) is 24.9 Å². The fraction of sp³-hybridized carbons (Fsp3) is 0.333. The van der Waals surface area contributed by atoms with Crippen molar-refractivity contribution in [3.8, 4) is 22.4 Å². The molecule has 35 heavy (non-hydrogen) atoms. The summed E-state index contributed by atoms with van der Waals surface area (Å²) in [7, 11) is 0. The summed E-state index contributed by atoms with van der Waals surface area (Å²) in [5.41, 5.74) is 1.89. The molecule has 0 spiro atoms. The number of pyridine rings is 1. The lowest BCUT2D eigenvalue weighted by Crippen LogP contribution is -2.44. The first kappa shape index (κ1) is 21.8. The number of nitrogens with one attached hydrogen (secondary N) is 2. The number of anilines is 2. The molecule has 1 aliphatic heterocycles. The second kappa shape index (κ2) is 8.49. The molecule has 1 saturated heterocycles. The Morgan fingerprint density at radius 2 is 1.86 bits per heavy atom. The Labute approximate surface area is 199 Å². The minimum absolute atomic E-state index is 0.376. The summed E-state index contributed by atoms with van der Waals surface area (Å²) in [6.07, 6.45) is 0.979. The number of nitrogens with zero attached hydrogens (tertiary/aromatic N) is 6. The molecule has 0 bridgehead atoms. The lowest BCUT2D eigenvalue weighted by molar-refractivity contribution is -0.137. The van der Waals surface area contributed by atoms with Crippen LogP contribution in [0.15, 0.2) is 48.9 Å². The standard InChI is InChI=1S/C24H23F3N8/c25-24(26,27)17-3-1-2-15(12-17)20-21(16-6-7-29-19(13-16)31-18-4-5-18)32-23(34-10-8-28-9-11-34)35-14-30-33-22(20)35/h1-3,6-7,12-14,18,28H,4-5,8-11H2,(H,29,31). The third-order valence-corrected chi connectivity index (χ3v) is 6.28. The number of aromatic nitrogens is 5. The molecule has 4 aromatic rings. The van der Waals surface area contributed by atoms with Crippen LogP contribution in [0.1, 0.15) is 18.4 Å². The van der Waals surface area contributed by atoms with Gasteiger partial charge in [-0.1, -0.05) is 12.1 Å². The van der Waals surface area contributed by atoms with Crippen LogP contribution in [0.2, 0.25) is 0 Å². The van der Waals surface area contributed by atoms with E-state index in [1.807, 2.05) is 12.1 Å². The van der Waals surface area contributed by atoms with Crippen LogP contribution in [-0.4, -0.2) is 56.8 Å². The van der Waals surface area contributed by atoms with Crippen LogP contribution in [0.3, 0.4) is 0 Å². The highest BCUT2D eigenvalue weighted by Crippen LogP contribution is 2.39. The molecule has 2 fully saturated rings. The summed E-state index contributed by atoms with van der Waals surface area (Å²) >= 11 is 0. The fourth-order valence-corrected chi connectivity index (χ4v) is 4.37. The Morgan fingerprint density at radius 3 is 2.63 bits per heavy atom. The van der Waals surface area contributed by atoms with E-state index in [0.717, 1.165) is 56.7 Å². The van der Waals surface area contributed by atoms with Gasteiger partial charge in [-0.3, -0.25) is 4.40 Å². The molecular formula is C24H23F3N8. The SMILES string of the molecule is FC(F)(F)c1cccc(-c2c(-c3ccnc(NC4CC4)c3)nc(N3CCNCC3)n3cnnc23)c1. The molecule has 3 aromatic heterocycles. The van der Waals surface area contributed by atoms with Gasteiger partial charge in [0.25, 0.3) is 0 Å². The van der Waals surface area contributed by atoms with E-state index in [4.69, 9.17) is 4.98 Å². The topological polar surface area (TPSA) is 83.3 Å². The van der Waals surface area contributed by atoms with E-state index in [9.17, 15) is 13.2 Å². The van der Waals surface area contributed by atoms with E-state index < -0.39 is 11.7 Å². The van der Waals surface area contributed by atoms with Gasteiger partial charge in [0, 0.05) is 44.0 Å². The molecule has 1 aliphatic carbocycles. The smallest absolute Gasteiger partial charge is 0.367 e. The van der Waals surface area contributed by atoms with E-state index in [2.05, 4.69) is 30.7 Å². The van der Waals surface area contributed by atoms with Crippen molar-refractivity contribution in [2.45, 2.75) is 25.1 Å². The normalized spacial score (nSPS) is 16.6. The minimum atomic E-state index is -4.47. The van der Waals surface area contributed by atoms with Crippen LogP contribution in [0.25, 0.3) is 28.0 Å². The molecule has 0 unspecified atom stereocenters. The third-order valence-electron chi connectivity index (χ3n) is 6.28. The predicted octanol–water partition coefficient (Wildman–Crippen LogP) is 3.86. The minimum Gasteiger partial charge on any atom is -0.367 e. The van der Waals surface area contributed by atoms with Gasteiger partial charge in [-0.05, 0) is 42.7 Å². The summed E-state index contributed by atoms with van der Waals surface area (Å²) in [6, 6.07) is 9.40. The van der Waals surface area contributed by atoms with Crippen LogP contribution in [0, 0.1) is 0 Å². The van der Waals surface area contributed by atoms with Gasteiger partial charge in [0.2, 0.25) is 5.95 Å². The number of rotatable bonds is 5. The zero-order chi connectivity index (χ0) is 24.0. The predicted molar refractivity (Wildman–Crippen MR) is 126 cm³/mol. The Balaban J connectivity index is 1.58. The van der Waals surface area contributed by atoms with Crippen LogP contribution >= 0.6 is 0 Å². The molecule has 2 N–H and O–H groups in total. The van der Waals surface area contributed by atoms with Gasteiger partial charge >= 0.3 is 6.18 Å². The molecule has 8 nitrogen and oxygen atoms in total. The number of halogens is 3. The fourth-order valence-electron chi connectivity index (χ4n) is 4.37. The summed E-state index contributed by atoms with van der Waals surface area (Å²) in [5.74, 6) is 1.37. The summed E-state index contributed by atoms with van der Waals surface area (Å²) in [5, 5.41) is 15.1. The molecule has 4 heterocycles. The van der Waals surface area contributed by atoms with Gasteiger partial charge in [0.1, 0.15) is 12.1 Å². The average molecular weight is 480 g/mol. The van der Waals surface area contributed by atoms with Crippen molar-refractivity contribution in [1.82, 2.24) is 29.9 Å². The highest BCUT2D eigenvalue weighted by Gasteiger charge is 2.31. The molecule has 1 saturated carbocycles. The van der Waals surface area contributed by atoms with Crippen molar-refractivity contribution in [3.05, 3.63) is 54.5 Å². The largest absolute Gasteiger partial charge is 0.416 e. The van der Waals surface area contributed by atoms with Crippen LogP contribution in [-0.2, 0) is 6.18 Å². The molecule has 2 aliphatic rings. The Bertz CT molecular complexity index is 1370. The van der Waals surface area contributed by atoms with Gasteiger partial charge < -0.3 is 15.5 Å². The number of fused-ring (bicyclic) bond motifs is 1. The molecule has 0 radical (unpaired) electrons. The van der Waals surface area contributed by atoms with Gasteiger partial charge in [-0.2, -0.15) is 13.2 Å². The first-order valence-corrected chi connectivity index (χ1v) is 11.6. The van der Waals surface area contributed by atoms with E-state index in [0.29, 0.717) is 40.3 Å². The second-order valence-corrected chi connectivity index (χ2v) is 8.82. The summed E-state index contributed by atoms with van der Waals surface area (Å²) in [4.78, 5) is 11.6. The maximum Gasteiger partial charge on any atom is 0.416 e. The zero-order valence-corrected chi connectivity index (χ0v) is 18.8. The quantitative estimate of drug-likeness (QED) is 0.449. The van der Waals surface area contributed by atoms with Crippen molar-refractivity contribution in [2.24, 2.45) is 0 Å². The number of benzene rings is 1. The first-order valence-electron chi connectivity index (χ1n) is 11.6. The molecule has 1 aromatic carbocycles. The monoisotopic (exact) mass is 480 g/mol. The lowest BCUT2D eigenvalue weighted by atomic mass is 9.98. The van der Waals surface area contributed by atoms with Gasteiger partial charge in [0.15, 0.2) is 5.65 Å². The maximum absolute atomic E-state index is 13.6. The first-order chi connectivity index (χ1) is 17.0. The number of alkyl halides is 3. The molecule has 0 atom stereocenters. The molecular weight excluding hydrogens is 457 g/mol. The van der Waals surface area contributed by atoms with Crippen LogP contribution < -0.4 is 15.5 Å². The number of hydrogen-bond acceptors (Lipinski definition) is 7. The second-order valence-electron chi connectivity index (χ2n) is 8.82. The number of piperazine rings is 1. The van der Waals surface area contributed by atoms with Crippen molar-refractivity contribution in [2.75, 3.05) is 36.4 Å². The van der Waals surface area contributed by atoms with Crippen molar-refractivity contribution >= 4 is 17.4 Å². The third kappa shape index (κ3) is 4.27. The van der Waals surface area contributed by atoms with Crippen LogP contribution in [0.5, 0.6) is 0 Å². The highest BCUT2D eigenvalue weighted by molar-refractivity contribution is 5.91. The summed E-state index contributed by atoms with van der Waals surface area (Å²) < 4.78 is 42.5. The lowest BCUT2D eigenvalue weighted by Gasteiger charge is -2.29. The van der Waals surface area contributed by atoms with E-state index in [1.165, 1.54) is 6.07 Å². The highest BCUT2D eigenvalue weighted by atomic mass is 19.4. The molecule has 11 heteroatoms. The maximum atomic E-state index is 13.6. The van der Waals surface area contributed by atoms with Gasteiger partial charge in [0.05, 0.1) is 16.8 Å².